The van der Waals surface area contributed by atoms with E-state index < -0.39 is 0 Å². The molecule has 4 N–H and O–H groups in total. The zero-order valence-electron chi connectivity index (χ0n) is 32.2. The average Bonchev–Trinajstić information content (AvgIpc) is 3.95. The molecule has 5 nitrogen and oxygen atoms in total. The summed E-state index contributed by atoms with van der Waals surface area (Å²) in [6, 6.07) is 77.6. The van der Waals surface area contributed by atoms with Gasteiger partial charge in [0.05, 0.1) is 33.1 Å². The van der Waals surface area contributed by atoms with Gasteiger partial charge in [-0.15, -0.1) is 0 Å². The van der Waals surface area contributed by atoms with E-state index in [1.54, 1.807) is 0 Å². The molecule has 0 bridgehead atoms. The molecule has 0 amide bonds. The third-order valence-electron chi connectivity index (χ3n) is 11.8. The summed E-state index contributed by atoms with van der Waals surface area (Å²) in [6.07, 6.45) is 0. The summed E-state index contributed by atoms with van der Waals surface area (Å²) in [5, 5.41) is 7.49. The fourth-order valence-electron chi connectivity index (χ4n) is 9.29. The van der Waals surface area contributed by atoms with E-state index in [1.807, 2.05) is 0 Å². The SMILES string of the molecule is NN.c1ccc(-n2c3ccccc3c3cc(-c4cc(-c5ccc6c(c5)c5ccccc5n6-c5ccccc5)cc(-n5c6ccccc6c6ccccc65)c4)ccc32)cc1. The molecule has 0 unspecified atom stereocenters. The number of rotatable bonds is 5. The summed E-state index contributed by atoms with van der Waals surface area (Å²) >= 11 is 0. The number of hydrogen-bond donors (Lipinski definition) is 2. The van der Waals surface area contributed by atoms with Gasteiger partial charge in [-0.1, -0.05) is 121 Å². The van der Waals surface area contributed by atoms with Crippen LogP contribution in [0.2, 0.25) is 0 Å². The molecule has 0 aliphatic rings. The van der Waals surface area contributed by atoms with Crippen molar-refractivity contribution in [3.05, 3.63) is 212 Å². The van der Waals surface area contributed by atoms with Crippen molar-refractivity contribution in [1.29, 1.82) is 0 Å². The van der Waals surface area contributed by atoms with Crippen LogP contribution in [0.25, 0.3) is 105 Å². The Morgan fingerprint density at radius 2 is 0.525 bits per heavy atom. The summed E-state index contributed by atoms with van der Waals surface area (Å²) in [4.78, 5) is 0. The van der Waals surface area contributed by atoms with Crippen LogP contribution < -0.4 is 11.7 Å². The molecule has 9 aromatic carbocycles. The fourth-order valence-corrected chi connectivity index (χ4v) is 9.29. The zero-order chi connectivity index (χ0) is 39.5. The van der Waals surface area contributed by atoms with E-state index in [0.717, 1.165) is 17.1 Å². The predicted octanol–water partition coefficient (Wildman–Crippen LogP) is 13.1. The highest BCUT2D eigenvalue weighted by Gasteiger charge is 2.18. The largest absolute Gasteiger partial charge is 0.309 e. The monoisotopic (exact) mass is 757 g/mol. The van der Waals surface area contributed by atoms with Crippen molar-refractivity contribution in [2.24, 2.45) is 11.7 Å². The average molecular weight is 758 g/mol. The molecular formula is C54H39N5. The first-order valence-electron chi connectivity index (χ1n) is 19.9. The number of benzene rings is 9. The van der Waals surface area contributed by atoms with Crippen LogP contribution in [0.1, 0.15) is 0 Å². The summed E-state index contributed by atoms with van der Waals surface area (Å²) < 4.78 is 7.21. The lowest BCUT2D eigenvalue weighted by atomic mass is 9.96. The minimum atomic E-state index is 1.14. The maximum Gasteiger partial charge on any atom is 0.0541 e. The molecule has 0 atom stereocenters. The zero-order valence-corrected chi connectivity index (χ0v) is 32.2. The van der Waals surface area contributed by atoms with Crippen molar-refractivity contribution < 1.29 is 0 Å². The van der Waals surface area contributed by atoms with Crippen molar-refractivity contribution in [3.63, 3.8) is 0 Å². The van der Waals surface area contributed by atoms with E-state index in [2.05, 4.69) is 238 Å². The molecule has 0 saturated heterocycles. The maximum atomic E-state index is 4.00. The second-order valence-electron chi connectivity index (χ2n) is 15.0. The number of para-hydroxylation sites is 6. The van der Waals surface area contributed by atoms with Crippen molar-refractivity contribution in [2.75, 3.05) is 0 Å². The van der Waals surface area contributed by atoms with E-state index in [9.17, 15) is 0 Å². The number of nitrogens with two attached hydrogens (primary N) is 2. The van der Waals surface area contributed by atoms with E-state index in [1.165, 1.54) is 87.7 Å². The number of hydrogen-bond acceptors (Lipinski definition) is 2. The second-order valence-corrected chi connectivity index (χ2v) is 15.0. The van der Waals surface area contributed by atoms with Crippen LogP contribution in [0, 0.1) is 0 Å². The minimum Gasteiger partial charge on any atom is -0.309 e. The summed E-state index contributed by atoms with van der Waals surface area (Å²) in [5.41, 5.74) is 15.4. The highest BCUT2D eigenvalue weighted by atomic mass is 15.0. The highest BCUT2D eigenvalue weighted by Crippen LogP contribution is 2.40. The molecule has 12 aromatic rings. The van der Waals surface area contributed by atoms with E-state index >= 15 is 0 Å². The Bertz CT molecular complexity index is 3290. The molecule has 0 saturated carbocycles. The molecule has 0 aliphatic heterocycles. The van der Waals surface area contributed by atoms with Crippen LogP contribution in [0.4, 0.5) is 0 Å². The smallest absolute Gasteiger partial charge is 0.0541 e. The Morgan fingerprint density at radius 3 is 0.915 bits per heavy atom. The molecule has 3 aromatic heterocycles. The molecule has 12 rings (SSSR count). The van der Waals surface area contributed by atoms with Gasteiger partial charge in [0, 0.05) is 49.4 Å². The predicted molar refractivity (Wildman–Crippen MR) is 249 cm³/mol. The van der Waals surface area contributed by atoms with Gasteiger partial charge in [0.2, 0.25) is 0 Å². The summed E-state index contributed by atoms with van der Waals surface area (Å²) in [5.74, 6) is 8.00. The van der Waals surface area contributed by atoms with Gasteiger partial charge in [0.1, 0.15) is 0 Å². The van der Waals surface area contributed by atoms with Crippen molar-refractivity contribution in [1.82, 2.24) is 13.7 Å². The third kappa shape index (κ3) is 5.48. The van der Waals surface area contributed by atoms with E-state index in [-0.39, 0.29) is 0 Å². The van der Waals surface area contributed by atoms with E-state index in [0.29, 0.717) is 0 Å². The first-order valence-corrected chi connectivity index (χ1v) is 19.9. The molecule has 0 spiro atoms. The van der Waals surface area contributed by atoms with Crippen LogP contribution in [0.3, 0.4) is 0 Å². The number of aromatic nitrogens is 3. The Labute approximate surface area is 341 Å². The Balaban J connectivity index is 0.00000196. The standard InChI is InChI=1S/C54H35N3.H4N2/c1-3-15-40(16-4-1)55-51-25-13-9-21-45(51)47-34-36(27-29-53(47)55)38-31-39(33-42(32-38)57-49-23-11-7-19-43(49)44-20-8-12-24-50(44)57)37-28-30-54-48(35-37)46-22-10-14-26-52(46)56(54)41-17-5-2-6-18-41;1-2/h1-35H;1-2H2. The number of hydrazine groups is 1. The van der Waals surface area contributed by atoms with Crippen LogP contribution in [-0.4, -0.2) is 13.7 Å². The molecular weight excluding hydrogens is 719 g/mol. The Kier molecular flexibility index (Phi) is 8.22. The van der Waals surface area contributed by atoms with Gasteiger partial charge >= 0.3 is 0 Å². The lowest BCUT2D eigenvalue weighted by Gasteiger charge is -2.15. The Morgan fingerprint density at radius 1 is 0.220 bits per heavy atom. The van der Waals surface area contributed by atoms with Gasteiger partial charge in [0.15, 0.2) is 0 Å². The molecule has 5 heteroatoms. The lowest BCUT2D eigenvalue weighted by molar-refractivity contribution is 1.18. The van der Waals surface area contributed by atoms with Crippen LogP contribution in [-0.2, 0) is 0 Å². The van der Waals surface area contributed by atoms with Gasteiger partial charge in [-0.25, -0.2) is 0 Å². The quantitative estimate of drug-likeness (QED) is 0.136. The van der Waals surface area contributed by atoms with Crippen molar-refractivity contribution in [3.8, 4) is 39.3 Å². The first-order chi connectivity index (χ1) is 29.3. The maximum absolute atomic E-state index is 4.00. The number of fused-ring (bicyclic) bond motifs is 9. The second kappa shape index (κ2) is 14.0. The van der Waals surface area contributed by atoms with Crippen LogP contribution in [0.15, 0.2) is 212 Å². The topological polar surface area (TPSA) is 66.8 Å². The molecule has 0 radical (unpaired) electrons. The number of nitrogens with zero attached hydrogens (tertiary/aromatic N) is 3. The highest BCUT2D eigenvalue weighted by molar-refractivity contribution is 6.13. The van der Waals surface area contributed by atoms with Gasteiger partial charge in [-0.2, -0.15) is 0 Å². The molecule has 0 fully saturated rings. The summed E-state index contributed by atoms with van der Waals surface area (Å²) in [7, 11) is 0. The van der Waals surface area contributed by atoms with Crippen molar-refractivity contribution in [2.45, 2.75) is 0 Å². The molecule has 3 heterocycles. The lowest BCUT2D eigenvalue weighted by Crippen LogP contribution is -2.02. The van der Waals surface area contributed by atoms with Crippen LogP contribution >= 0.6 is 0 Å². The van der Waals surface area contributed by atoms with Crippen LogP contribution in [0.5, 0.6) is 0 Å². The summed E-state index contributed by atoms with van der Waals surface area (Å²) in [6.45, 7) is 0. The Hall–Kier alpha value is -7.70. The van der Waals surface area contributed by atoms with Gasteiger partial charge in [-0.05, 0) is 113 Å². The molecule has 0 aliphatic carbocycles. The van der Waals surface area contributed by atoms with Gasteiger partial charge in [0.25, 0.3) is 0 Å². The third-order valence-corrected chi connectivity index (χ3v) is 11.8. The van der Waals surface area contributed by atoms with Gasteiger partial charge in [-0.3, -0.25) is 11.7 Å². The molecule has 280 valence electrons. The van der Waals surface area contributed by atoms with E-state index in [4.69, 9.17) is 0 Å². The molecule has 59 heavy (non-hydrogen) atoms. The minimum absolute atomic E-state index is 1.14. The first kappa shape index (κ1) is 34.5. The van der Waals surface area contributed by atoms with Crippen molar-refractivity contribution >= 4 is 65.4 Å². The normalized spacial score (nSPS) is 11.6. The van der Waals surface area contributed by atoms with Gasteiger partial charge < -0.3 is 13.7 Å². The fraction of sp³-hybridized carbons (Fsp3) is 0.